The lowest BCUT2D eigenvalue weighted by Crippen LogP contribution is -2.45. The van der Waals surface area contributed by atoms with Crippen LogP contribution in [0.5, 0.6) is 0 Å². The van der Waals surface area contributed by atoms with Gasteiger partial charge < -0.3 is 30.2 Å². The number of alkyl carbamates (subject to hydrolysis) is 1. The highest BCUT2D eigenvalue weighted by Gasteiger charge is 2.24. The predicted octanol–water partition coefficient (Wildman–Crippen LogP) is 3.63. The summed E-state index contributed by atoms with van der Waals surface area (Å²) in [6.07, 6.45) is 0.945. The summed E-state index contributed by atoms with van der Waals surface area (Å²) in [5, 5.41) is 8.37. The van der Waals surface area contributed by atoms with E-state index in [1.807, 2.05) is 60.7 Å². The number of benzene rings is 2. The maximum atomic E-state index is 12.8. The molecule has 2 rings (SSSR count). The minimum Gasteiger partial charge on any atom is -0.461 e. The minimum atomic E-state index is -1.000. The van der Waals surface area contributed by atoms with Crippen molar-refractivity contribution >= 4 is 23.9 Å². The molecule has 0 saturated carbocycles. The highest BCUT2D eigenvalue weighted by Crippen LogP contribution is 2.08. The average molecular weight is 556 g/mol. The SMILES string of the molecule is CC(C)(C)OC(=O)NCCCCNCC(=O)N[C@@H](CCC(=O)OCc1ccccc1)C(=O)OCc1ccccc1. The van der Waals surface area contributed by atoms with Gasteiger partial charge >= 0.3 is 18.0 Å². The molecule has 0 aliphatic heterocycles. The first-order valence-electron chi connectivity index (χ1n) is 13.5. The van der Waals surface area contributed by atoms with Gasteiger partial charge in [-0.05, 0) is 57.7 Å². The van der Waals surface area contributed by atoms with Crippen LogP contribution in [0.1, 0.15) is 57.6 Å². The standard InChI is InChI=1S/C30H41N3O7/c1-30(2,3)40-29(37)32-19-11-10-18-31-20-26(34)33-25(28(36)39-22-24-14-8-5-9-15-24)16-17-27(35)38-21-23-12-6-4-7-13-23/h4-9,12-15,25,31H,10-11,16-22H2,1-3H3,(H,32,37)(H,33,34)/t25-/m0/s1. The Kier molecular flexibility index (Phi) is 14.2. The van der Waals surface area contributed by atoms with Crippen molar-refractivity contribution in [2.45, 2.75) is 71.3 Å². The molecule has 0 aromatic heterocycles. The fourth-order valence-corrected chi connectivity index (χ4v) is 3.48. The molecule has 40 heavy (non-hydrogen) atoms. The Morgan fingerprint density at radius 2 is 1.38 bits per heavy atom. The number of esters is 2. The predicted molar refractivity (Wildman–Crippen MR) is 150 cm³/mol. The Balaban J connectivity index is 1.75. The van der Waals surface area contributed by atoms with Crippen molar-refractivity contribution in [1.29, 1.82) is 0 Å². The Morgan fingerprint density at radius 3 is 1.98 bits per heavy atom. The quantitative estimate of drug-likeness (QED) is 0.163. The molecule has 10 heteroatoms. The molecular weight excluding hydrogens is 514 g/mol. The van der Waals surface area contributed by atoms with Crippen LogP contribution in [0.15, 0.2) is 60.7 Å². The van der Waals surface area contributed by atoms with Gasteiger partial charge in [-0.3, -0.25) is 9.59 Å². The van der Waals surface area contributed by atoms with E-state index in [1.54, 1.807) is 20.8 Å². The third kappa shape index (κ3) is 14.9. The molecule has 2 aromatic rings. The molecule has 0 heterocycles. The van der Waals surface area contributed by atoms with E-state index < -0.39 is 35.6 Å². The monoisotopic (exact) mass is 555 g/mol. The molecule has 218 valence electrons. The van der Waals surface area contributed by atoms with Gasteiger partial charge in [0, 0.05) is 13.0 Å². The zero-order chi connectivity index (χ0) is 29.2. The van der Waals surface area contributed by atoms with E-state index in [0.717, 1.165) is 17.5 Å². The van der Waals surface area contributed by atoms with Crippen molar-refractivity contribution in [1.82, 2.24) is 16.0 Å². The van der Waals surface area contributed by atoms with E-state index in [0.29, 0.717) is 19.5 Å². The lowest BCUT2D eigenvalue weighted by atomic mass is 10.1. The van der Waals surface area contributed by atoms with Crippen molar-refractivity contribution < 1.29 is 33.4 Å². The molecule has 0 unspecified atom stereocenters. The molecule has 1 atom stereocenters. The van der Waals surface area contributed by atoms with Crippen LogP contribution in [0.25, 0.3) is 0 Å². The van der Waals surface area contributed by atoms with Crippen molar-refractivity contribution in [2.75, 3.05) is 19.6 Å². The number of ether oxygens (including phenoxy) is 3. The summed E-state index contributed by atoms with van der Waals surface area (Å²) in [4.78, 5) is 49.2. The molecule has 10 nitrogen and oxygen atoms in total. The van der Waals surface area contributed by atoms with Gasteiger partial charge in [-0.1, -0.05) is 60.7 Å². The molecule has 2 amide bonds. The van der Waals surface area contributed by atoms with Crippen LogP contribution in [0, 0.1) is 0 Å². The van der Waals surface area contributed by atoms with Gasteiger partial charge in [-0.25, -0.2) is 9.59 Å². The Morgan fingerprint density at radius 1 is 0.800 bits per heavy atom. The number of carbonyl (C=O) groups excluding carboxylic acids is 4. The summed E-state index contributed by atoms with van der Waals surface area (Å²) in [7, 11) is 0. The topological polar surface area (TPSA) is 132 Å². The molecule has 0 bridgehead atoms. The Hall–Kier alpha value is -3.92. The lowest BCUT2D eigenvalue weighted by Gasteiger charge is -2.19. The number of rotatable bonds is 16. The van der Waals surface area contributed by atoms with E-state index in [1.165, 1.54) is 0 Å². The largest absolute Gasteiger partial charge is 0.461 e. The summed E-state index contributed by atoms with van der Waals surface area (Å²) >= 11 is 0. The van der Waals surface area contributed by atoms with Crippen molar-refractivity contribution in [3.63, 3.8) is 0 Å². The highest BCUT2D eigenvalue weighted by molar-refractivity contribution is 5.86. The fraction of sp³-hybridized carbons (Fsp3) is 0.467. The summed E-state index contributed by atoms with van der Waals surface area (Å²) in [6.45, 7) is 6.57. The van der Waals surface area contributed by atoms with Crippen LogP contribution >= 0.6 is 0 Å². The molecule has 0 saturated heterocycles. The number of unbranched alkanes of at least 4 members (excludes halogenated alkanes) is 1. The molecular formula is C30H41N3O7. The number of hydrogen-bond donors (Lipinski definition) is 3. The van der Waals surface area contributed by atoms with Crippen LogP contribution in [-0.4, -0.2) is 55.2 Å². The van der Waals surface area contributed by atoms with Gasteiger partial charge in [0.05, 0.1) is 6.54 Å². The summed E-state index contributed by atoms with van der Waals surface area (Å²) in [5.41, 5.74) is 1.12. The van der Waals surface area contributed by atoms with Gasteiger partial charge in [0.2, 0.25) is 5.91 Å². The zero-order valence-corrected chi connectivity index (χ0v) is 23.6. The number of amides is 2. The zero-order valence-electron chi connectivity index (χ0n) is 23.6. The third-order valence-corrected chi connectivity index (χ3v) is 5.46. The fourth-order valence-electron chi connectivity index (χ4n) is 3.48. The van der Waals surface area contributed by atoms with Crippen molar-refractivity contribution in [3.8, 4) is 0 Å². The van der Waals surface area contributed by atoms with Crippen LogP contribution in [-0.2, 0) is 41.8 Å². The summed E-state index contributed by atoms with van der Waals surface area (Å²) in [6, 6.07) is 17.5. The smallest absolute Gasteiger partial charge is 0.407 e. The van der Waals surface area contributed by atoms with Crippen molar-refractivity contribution in [3.05, 3.63) is 71.8 Å². The second-order valence-corrected chi connectivity index (χ2v) is 10.2. The normalized spacial score (nSPS) is 11.7. The number of hydrogen-bond acceptors (Lipinski definition) is 8. The van der Waals surface area contributed by atoms with E-state index >= 15 is 0 Å². The second kappa shape index (κ2) is 17.6. The maximum Gasteiger partial charge on any atom is 0.407 e. The minimum absolute atomic E-state index is 0.0135. The molecule has 2 aromatic carbocycles. The Labute approximate surface area is 236 Å². The van der Waals surface area contributed by atoms with Crippen LogP contribution in [0.2, 0.25) is 0 Å². The molecule has 0 fully saturated rings. The lowest BCUT2D eigenvalue weighted by molar-refractivity contribution is -0.150. The number of nitrogens with one attached hydrogen (secondary N) is 3. The average Bonchev–Trinajstić information content (AvgIpc) is 2.92. The first-order valence-corrected chi connectivity index (χ1v) is 13.5. The van der Waals surface area contributed by atoms with Gasteiger partial charge in [-0.2, -0.15) is 0 Å². The third-order valence-electron chi connectivity index (χ3n) is 5.46. The van der Waals surface area contributed by atoms with E-state index in [9.17, 15) is 19.2 Å². The van der Waals surface area contributed by atoms with Gasteiger partial charge in [0.15, 0.2) is 0 Å². The van der Waals surface area contributed by atoms with Crippen LogP contribution in [0.3, 0.4) is 0 Å². The van der Waals surface area contributed by atoms with E-state index in [4.69, 9.17) is 14.2 Å². The maximum absolute atomic E-state index is 12.8. The van der Waals surface area contributed by atoms with Crippen LogP contribution in [0.4, 0.5) is 4.79 Å². The molecule has 0 radical (unpaired) electrons. The molecule has 0 spiro atoms. The van der Waals surface area contributed by atoms with E-state index in [2.05, 4.69) is 16.0 Å². The molecule has 0 aliphatic carbocycles. The summed E-state index contributed by atoms with van der Waals surface area (Å²) < 4.78 is 15.9. The highest BCUT2D eigenvalue weighted by atomic mass is 16.6. The van der Waals surface area contributed by atoms with Crippen molar-refractivity contribution in [2.24, 2.45) is 0 Å². The molecule has 3 N–H and O–H groups in total. The number of carbonyl (C=O) groups is 4. The second-order valence-electron chi connectivity index (χ2n) is 10.2. The van der Waals surface area contributed by atoms with Gasteiger partial charge in [0.25, 0.3) is 0 Å². The molecule has 0 aliphatic rings. The first kappa shape index (κ1) is 32.3. The van der Waals surface area contributed by atoms with Crippen LogP contribution < -0.4 is 16.0 Å². The van der Waals surface area contributed by atoms with E-state index in [-0.39, 0.29) is 32.6 Å². The van der Waals surface area contributed by atoms with Gasteiger partial charge in [-0.15, -0.1) is 0 Å². The van der Waals surface area contributed by atoms with Gasteiger partial charge in [0.1, 0.15) is 24.9 Å². The summed E-state index contributed by atoms with van der Waals surface area (Å²) in [5.74, 6) is -1.50. The first-order chi connectivity index (χ1) is 19.1. The Bertz CT molecular complexity index is 1060.